The summed E-state index contributed by atoms with van der Waals surface area (Å²) in [6.45, 7) is 1.90. The van der Waals surface area contributed by atoms with Crippen LogP contribution in [0.25, 0.3) is 0 Å². The largest absolute Gasteiger partial charge is 0.352 e. The van der Waals surface area contributed by atoms with E-state index < -0.39 is 5.82 Å². The van der Waals surface area contributed by atoms with Crippen molar-refractivity contribution in [1.29, 1.82) is 5.26 Å². The molecule has 1 aromatic heterocycles. The van der Waals surface area contributed by atoms with E-state index in [1.165, 1.54) is 6.07 Å². The number of nitrogens with one attached hydrogen (secondary N) is 1. The van der Waals surface area contributed by atoms with Crippen molar-refractivity contribution in [2.75, 3.05) is 5.32 Å². The van der Waals surface area contributed by atoms with E-state index in [0.29, 0.717) is 5.69 Å². The van der Waals surface area contributed by atoms with Gasteiger partial charge in [0, 0.05) is 6.20 Å². The van der Waals surface area contributed by atoms with Gasteiger partial charge in [0.05, 0.1) is 27.6 Å². The van der Waals surface area contributed by atoms with Crippen LogP contribution in [0.2, 0.25) is 0 Å². The molecule has 0 fully saturated rings. The summed E-state index contributed by atoms with van der Waals surface area (Å²) in [5.74, 6) is -0.489. The van der Waals surface area contributed by atoms with Crippen molar-refractivity contribution in [2.45, 2.75) is 6.92 Å². The van der Waals surface area contributed by atoms with E-state index in [4.69, 9.17) is 5.26 Å². The molecule has 1 N–H and O–H groups in total. The molecule has 18 heavy (non-hydrogen) atoms. The lowest BCUT2D eigenvalue weighted by Gasteiger charge is -2.10. The SMILES string of the molecule is Cc1ccncc1Nc1ccc(C#N)c(Br)c1F. The van der Waals surface area contributed by atoms with Crippen LogP contribution in [0.15, 0.2) is 35.1 Å². The number of pyridine rings is 1. The van der Waals surface area contributed by atoms with Gasteiger partial charge in [-0.25, -0.2) is 4.39 Å². The van der Waals surface area contributed by atoms with Gasteiger partial charge in [-0.3, -0.25) is 4.98 Å². The summed E-state index contributed by atoms with van der Waals surface area (Å²) >= 11 is 3.07. The van der Waals surface area contributed by atoms with Gasteiger partial charge >= 0.3 is 0 Å². The van der Waals surface area contributed by atoms with Crippen LogP contribution in [0, 0.1) is 24.1 Å². The Bertz CT molecular complexity index is 635. The molecule has 0 saturated carbocycles. The highest BCUT2D eigenvalue weighted by atomic mass is 79.9. The summed E-state index contributed by atoms with van der Waals surface area (Å²) in [6.07, 6.45) is 3.30. The first-order valence-electron chi connectivity index (χ1n) is 5.19. The number of hydrogen-bond acceptors (Lipinski definition) is 3. The average molecular weight is 306 g/mol. The van der Waals surface area contributed by atoms with Crippen LogP contribution in [0.3, 0.4) is 0 Å². The van der Waals surface area contributed by atoms with E-state index in [-0.39, 0.29) is 10.0 Å². The number of benzene rings is 1. The van der Waals surface area contributed by atoms with Gasteiger partial charge in [0.25, 0.3) is 0 Å². The van der Waals surface area contributed by atoms with E-state index in [9.17, 15) is 4.39 Å². The van der Waals surface area contributed by atoms with Gasteiger partial charge in [0.15, 0.2) is 5.82 Å². The molecule has 0 saturated heterocycles. The van der Waals surface area contributed by atoms with Gasteiger partial charge in [-0.2, -0.15) is 5.26 Å². The summed E-state index contributed by atoms with van der Waals surface area (Å²) in [5, 5.41) is 11.7. The lowest BCUT2D eigenvalue weighted by atomic mass is 10.2. The molecule has 0 spiro atoms. The Morgan fingerprint density at radius 1 is 1.33 bits per heavy atom. The molecule has 0 bridgehead atoms. The second-order valence-corrected chi connectivity index (χ2v) is 4.51. The number of aromatic nitrogens is 1. The standard InChI is InChI=1S/C13H9BrFN3/c1-8-4-5-17-7-11(8)18-10-3-2-9(6-16)12(14)13(10)15/h2-5,7,18H,1H3. The summed E-state index contributed by atoms with van der Waals surface area (Å²) in [4.78, 5) is 3.98. The van der Waals surface area contributed by atoms with Crippen molar-refractivity contribution in [3.63, 3.8) is 0 Å². The minimum Gasteiger partial charge on any atom is -0.352 e. The quantitative estimate of drug-likeness (QED) is 0.915. The highest BCUT2D eigenvalue weighted by molar-refractivity contribution is 9.10. The van der Waals surface area contributed by atoms with Crippen LogP contribution < -0.4 is 5.32 Å². The van der Waals surface area contributed by atoms with E-state index >= 15 is 0 Å². The number of anilines is 2. The predicted molar refractivity (Wildman–Crippen MR) is 71.1 cm³/mol. The lowest BCUT2D eigenvalue weighted by Crippen LogP contribution is -1.98. The second-order valence-electron chi connectivity index (χ2n) is 3.72. The zero-order valence-corrected chi connectivity index (χ0v) is 11.1. The molecule has 3 nitrogen and oxygen atoms in total. The number of rotatable bonds is 2. The summed E-state index contributed by atoms with van der Waals surface area (Å²) < 4.78 is 14.1. The molecule has 90 valence electrons. The van der Waals surface area contributed by atoms with Crippen molar-refractivity contribution in [3.05, 3.63) is 52.0 Å². The summed E-state index contributed by atoms with van der Waals surface area (Å²) in [5.41, 5.74) is 2.26. The number of aryl methyl sites for hydroxylation is 1. The van der Waals surface area contributed by atoms with Crippen LogP contribution in [0.1, 0.15) is 11.1 Å². The molecule has 0 aliphatic rings. The maximum Gasteiger partial charge on any atom is 0.162 e. The molecule has 1 aromatic carbocycles. The molecule has 0 amide bonds. The third-order valence-electron chi connectivity index (χ3n) is 2.51. The highest BCUT2D eigenvalue weighted by Crippen LogP contribution is 2.29. The van der Waals surface area contributed by atoms with Crippen LogP contribution in [0.4, 0.5) is 15.8 Å². The van der Waals surface area contributed by atoms with Gasteiger partial charge in [-0.1, -0.05) is 0 Å². The minimum atomic E-state index is -0.489. The normalized spacial score (nSPS) is 9.89. The van der Waals surface area contributed by atoms with Crippen LogP contribution in [-0.2, 0) is 0 Å². The molecule has 0 radical (unpaired) electrons. The number of halogens is 2. The molecule has 2 rings (SSSR count). The van der Waals surface area contributed by atoms with Gasteiger partial charge < -0.3 is 5.32 Å². The van der Waals surface area contributed by atoms with E-state index in [2.05, 4.69) is 26.2 Å². The van der Waals surface area contributed by atoms with Crippen LogP contribution in [0.5, 0.6) is 0 Å². The zero-order chi connectivity index (χ0) is 13.1. The Labute approximate surface area is 112 Å². The van der Waals surface area contributed by atoms with Crippen molar-refractivity contribution >= 4 is 27.3 Å². The van der Waals surface area contributed by atoms with Gasteiger partial charge in [-0.05, 0) is 46.6 Å². The molecule has 0 unspecified atom stereocenters. The summed E-state index contributed by atoms with van der Waals surface area (Å²) in [7, 11) is 0. The van der Waals surface area contributed by atoms with Gasteiger partial charge in [-0.15, -0.1) is 0 Å². The van der Waals surface area contributed by atoms with E-state index in [1.54, 1.807) is 18.5 Å². The third-order valence-corrected chi connectivity index (χ3v) is 3.29. The molecule has 2 aromatic rings. The van der Waals surface area contributed by atoms with Crippen molar-refractivity contribution in [3.8, 4) is 6.07 Å². The lowest BCUT2D eigenvalue weighted by molar-refractivity contribution is 0.624. The second kappa shape index (κ2) is 5.15. The molecule has 1 heterocycles. The van der Waals surface area contributed by atoms with Gasteiger partial charge in [0.2, 0.25) is 0 Å². The predicted octanol–water partition coefficient (Wildman–Crippen LogP) is 3.91. The first-order chi connectivity index (χ1) is 8.63. The smallest absolute Gasteiger partial charge is 0.162 e. The molecule has 0 aliphatic carbocycles. The maximum atomic E-state index is 14.0. The van der Waals surface area contributed by atoms with Crippen molar-refractivity contribution in [1.82, 2.24) is 4.98 Å². The Kier molecular flexibility index (Phi) is 3.58. The Morgan fingerprint density at radius 2 is 2.11 bits per heavy atom. The Hall–Kier alpha value is -1.93. The fraction of sp³-hybridized carbons (Fsp3) is 0.0769. The monoisotopic (exact) mass is 305 g/mol. The maximum absolute atomic E-state index is 14.0. The van der Waals surface area contributed by atoms with Crippen LogP contribution in [-0.4, -0.2) is 4.98 Å². The third kappa shape index (κ3) is 2.34. The van der Waals surface area contributed by atoms with Gasteiger partial charge in [0.1, 0.15) is 6.07 Å². The fourth-order valence-corrected chi connectivity index (χ4v) is 1.91. The molecular formula is C13H9BrFN3. The highest BCUT2D eigenvalue weighted by Gasteiger charge is 2.11. The topological polar surface area (TPSA) is 48.7 Å². The molecule has 5 heteroatoms. The minimum absolute atomic E-state index is 0.163. The Morgan fingerprint density at radius 3 is 2.78 bits per heavy atom. The number of nitriles is 1. The molecular weight excluding hydrogens is 297 g/mol. The summed E-state index contributed by atoms with van der Waals surface area (Å²) in [6, 6.07) is 6.83. The zero-order valence-electron chi connectivity index (χ0n) is 9.54. The number of hydrogen-bond donors (Lipinski definition) is 1. The van der Waals surface area contributed by atoms with Crippen molar-refractivity contribution in [2.24, 2.45) is 0 Å². The Balaban J connectivity index is 2.40. The van der Waals surface area contributed by atoms with Crippen LogP contribution >= 0.6 is 15.9 Å². The molecule has 0 aliphatic heterocycles. The first kappa shape index (κ1) is 12.5. The average Bonchev–Trinajstić information content (AvgIpc) is 2.38. The van der Waals surface area contributed by atoms with Crippen molar-refractivity contribution < 1.29 is 4.39 Å². The molecule has 0 atom stereocenters. The fourth-order valence-electron chi connectivity index (χ4n) is 1.47. The van der Waals surface area contributed by atoms with E-state index in [1.807, 2.05) is 19.1 Å². The first-order valence-corrected chi connectivity index (χ1v) is 5.98. The van der Waals surface area contributed by atoms with E-state index in [0.717, 1.165) is 11.3 Å². The number of nitrogens with zero attached hydrogens (tertiary/aromatic N) is 2.